The third kappa shape index (κ3) is 4.98. The van der Waals surface area contributed by atoms with Gasteiger partial charge in [0, 0.05) is 36.3 Å². The van der Waals surface area contributed by atoms with Crippen LogP contribution in [0.1, 0.15) is 38.2 Å². The van der Waals surface area contributed by atoms with E-state index in [1.54, 1.807) is 0 Å². The summed E-state index contributed by atoms with van der Waals surface area (Å²) in [6, 6.07) is 14.9. The third-order valence-electron chi connectivity index (χ3n) is 7.98. The number of para-hydroxylation sites is 1. The quantitative estimate of drug-likeness (QED) is 0.438. The number of nitrogens with one attached hydrogen (secondary N) is 4. The van der Waals surface area contributed by atoms with Crippen molar-refractivity contribution in [1.82, 2.24) is 21.3 Å². The second kappa shape index (κ2) is 10.6. The average Bonchev–Trinajstić information content (AvgIpc) is 3.50. The Labute approximate surface area is 232 Å². The number of benzene rings is 2. The highest BCUT2D eigenvalue weighted by Crippen LogP contribution is 2.48. The third-order valence-corrected chi connectivity index (χ3v) is 9.33. The van der Waals surface area contributed by atoms with Crippen molar-refractivity contribution in [1.29, 1.82) is 0 Å². The minimum atomic E-state index is -0.225. The number of urea groups is 1. The summed E-state index contributed by atoms with van der Waals surface area (Å²) in [7, 11) is 0. The normalized spacial score (nSPS) is 27.6. The molecule has 3 unspecified atom stereocenters. The highest BCUT2D eigenvalue weighted by molar-refractivity contribution is 8.04. The molecule has 1 saturated carbocycles. The molecule has 39 heavy (non-hydrogen) atoms. The Morgan fingerprint density at radius 1 is 1.03 bits per heavy atom. The van der Waals surface area contributed by atoms with Gasteiger partial charge in [0.05, 0.1) is 16.3 Å². The molecule has 0 aromatic heterocycles. The van der Waals surface area contributed by atoms with Gasteiger partial charge in [0.15, 0.2) is 0 Å². The monoisotopic (exact) mass is 547 g/mol. The molecule has 2 saturated heterocycles. The minimum absolute atomic E-state index is 0.00156. The lowest BCUT2D eigenvalue weighted by Gasteiger charge is -2.46. The maximum atomic E-state index is 13.6. The lowest BCUT2D eigenvalue weighted by molar-refractivity contribution is -0.121. The number of rotatable bonds is 6. The van der Waals surface area contributed by atoms with Crippen molar-refractivity contribution in [3.05, 3.63) is 64.7 Å². The van der Waals surface area contributed by atoms with Crippen LogP contribution in [0.5, 0.6) is 11.5 Å². The molecule has 3 aliphatic heterocycles. The van der Waals surface area contributed by atoms with Crippen molar-refractivity contribution in [2.24, 2.45) is 5.92 Å². The van der Waals surface area contributed by atoms with Crippen molar-refractivity contribution >= 4 is 35.3 Å². The average molecular weight is 548 g/mol. The largest absolute Gasteiger partial charge is 0.457 e. The smallest absolute Gasteiger partial charge is 0.326 e. The van der Waals surface area contributed by atoms with Crippen molar-refractivity contribution in [3.63, 3.8) is 0 Å². The molecule has 10 heteroatoms. The number of carbonyl (C=O) groups is 3. The van der Waals surface area contributed by atoms with E-state index < -0.39 is 0 Å². The fraction of sp³-hybridized carbons (Fsp3) is 0.414. The second-order valence-corrected chi connectivity index (χ2v) is 11.8. The molecular formula is C29H33N5O4S. The van der Waals surface area contributed by atoms with Crippen LogP contribution in [0, 0.1) is 12.8 Å². The lowest BCUT2D eigenvalue weighted by Crippen LogP contribution is -2.62. The van der Waals surface area contributed by atoms with E-state index in [4.69, 9.17) is 4.74 Å². The Kier molecular flexibility index (Phi) is 6.99. The van der Waals surface area contributed by atoms with Crippen LogP contribution >= 0.6 is 11.8 Å². The highest BCUT2D eigenvalue weighted by atomic mass is 32.2. The Bertz CT molecular complexity index is 1330. The first kappa shape index (κ1) is 25.8. The number of thioether (sulfide) groups is 1. The maximum absolute atomic E-state index is 13.6. The molecule has 4 amide bonds. The number of anilines is 1. The van der Waals surface area contributed by atoms with Gasteiger partial charge in [-0.3, -0.25) is 14.5 Å². The van der Waals surface area contributed by atoms with Crippen LogP contribution in [0.3, 0.4) is 0 Å². The van der Waals surface area contributed by atoms with Crippen molar-refractivity contribution < 1.29 is 19.1 Å². The molecule has 0 spiro atoms. The van der Waals surface area contributed by atoms with E-state index in [1.807, 2.05) is 60.4 Å². The standard InChI is InChI=1S/C29H33N5O4S/c1-16-15-19(38-18-7-4-3-5-8-18)11-12-22(16)34-23-13-14-30-28-24(23)25(33-29(34)37)26(39-28)27(36)32-21-10-6-9-20(21)31-17(2)35/h3-5,7-8,11-12,15,20-21,23-24,28,30H,6,9-10,13-14H2,1-2H3,(H,31,35)(H,32,36)(H,33,37)/t20-,21+,23?,24?,28?/m0/s1. The first-order chi connectivity index (χ1) is 18.9. The van der Waals surface area contributed by atoms with Gasteiger partial charge in [0.1, 0.15) is 11.5 Å². The summed E-state index contributed by atoms with van der Waals surface area (Å²) >= 11 is 1.49. The fourth-order valence-electron chi connectivity index (χ4n) is 6.29. The van der Waals surface area contributed by atoms with Crippen LogP contribution in [0.15, 0.2) is 59.1 Å². The summed E-state index contributed by atoms with van der Waals surface area (Å²) in [5.74, 6) is 1.16. The molecular weight excluding hydrogens is 514 g/mol. The molecule has 2 aromatic carbocycles. The number of aryl methyl sites for hydroxylation is 1. The van der Waals surface area contributed by atoms with E-state index >= 15 is 0 Å². The second-order valence-electron chi connectivity index (χ2n) is 10.6. The first-order valence-corrected chi connectivity index (χ1v) is 14.4. The van der Waals surface area contributed by atoms with Gasteiger partial charge < -0.3 is 26.0 Å². The Hall–Kier alpha value is -3.50. The van der Waals surface area contributed by atoms with E-state index in [1.165, 1.54) is 18.7 Å². The predicted molar refractivity (Wildman–Crippen MR) is 150 cm³/mol. The summed E-state index contributed by atoms with van der Waals surface area (Å²) in [5, 5.41) is 12.7. The van der Waals surface area contributed by atoms with Gasteiger partial charge >= 0.3 is 6.03 Å². The number of nitrogens with zero attached hydrogens (tertiary/aromatic N) is 1. The zero-order chi connectivity index (χ0) is 27.1. The number of ether oxygens (including phenoxy) is 1. The zero-order valence-electron chi connectivity index (χ0n) is 22.0. The lowest BCUT2D eigenvalue weighted by atomic mass is 9.86. The summed E-state index contributed by atoms with van der Waals surface area (Å²) in [4.78, 5) is 41.1. The van der Waals surface area contributed by atoms with Crippen molar-refractivity contribution in [2.75, 3.05) is 11.4 Å². The molecule has 4 N–H and O–H groups in total. The van der Waals surface area contributed by atoms with E-state index in [0.29, 0.717) is 16.4 Å². The zero-order valence-corrected chi connectivity index (χ0v) is 22.8. The number of hydrogen-bond donors (Lipinski definition) is 4. The van der Waals surface area contributed by atoms with Gasteiger partial charge in [-0.05, 0) is 75.0 Å². The Balaban J connectivity index is 1.23. The first-order valence-electron chi connectivity index (χ1n) is 13.5. The molecule has 3 heterocycles. The van der Waals surface area contributed by atoms with Crippen molar-refractivity contribution in [2.45, 2.75) is 63.0 Å². The Morgan fingerprint density at radius 3 is 2.54 bits per heavy atom. The van der Waals surface area contributed by atoms with Gasteiger partial charge in [-0.1, -0.05) is 30.0 Å². The number of hydrogen-bond acceptors (Lipinski definition) is 6. The van der Waals surface area contributed by atoms with E-state index in [0.717, 1.165) is 49.2 Å². The molecule has 9 nitrogen and oxygen atoms in total. The van der Waals surface area contributed by atoms with E-state index in [-0.39, 0.29) is 47.3 Å². The fourth-order valence-corrected chi connectivity index (χ4v) is 7.69. The van der Waals surface area contributed by atoms with Gasteiger partial charge in [-0.15, -0.1) is 0 Å². The maximum Gasteiger partial charge on any atom is 0.326 e. The van der Waals surface area contributed by atoms with Crippen LogP contribution < -0.4 is 30.9 Å². The van der Waals surface area contributed by atoms with E-state index in [2.05, 4.69) is 21.3 Å². The summed E-state index contributed by atoms with van der Waals surface area (Å²) in [6.07, 6.45) is 3.40. The van der Waals surface area contributed by atoms with Crippen LogP contribution in [0.25, 0.3) is 0 Å². The highest BCUT2D eigenvalue weighted by Gasteiger charge is 2.52. The van der Waals surface area contributed by atoms with E-state index in [9.17, 15) is 14.4 Å². The van der Waals surface area contributed by atoms with Gasteiger partial charge in [-0.25, -0.2) is 4.79 Å². The number of carbonyl (C=O) groups excluding carboxylic acids is 3. The molecule has 204 valence electrons. The van der Waals surface area contributed by atoms with Crippen LogP contribution in [0.4, 0.5) is 10.5 Å². The number of amides is 4. The van der Waals surface area contributed by atoms with Gasteiger partial charge in [-0.2, -0.15) is 0 Å². The summed E-state index contributed by atoms with van der Waals surface area (Å²) < 4.78 is 6.00. The molecule has 5 atom stereocenters. The summed E-state index contributed by atoms with van der Waals surface area (Å²) in [6.45, 7) is 4.24. The topological polar surface area (TPSA) is 112 Å². The number of piperidine rings is 1. The molecule has 6 rings (SSSR count). The van der Waals surface area contributed by atoms with Crippen LogP contribution in [-0.2, 0) is 9.59 Å². The summed E-state index contributed by atoms with van der Waals surface area (Å²) in [5.41, 5.74) is 2.48. The van der Waals surface area contributed by atoms with Gasteiger partial charge in [0.2, 0.25) is 5.91 Å². The molecule has 0 radical (unpaired) electrons. The molecule has 1 aliphatic carbocycles. The minimum Gasteiger partial charge on any atom is -0.457 e. The SMILES string of the molecule is CC(=O)N[C@H]1CCC[C@H]1NC(=O)C1=C2NC(=O)N(c3ccc(Oc4ccccc4)cc3C)C3CCNC(S1)C23. The van der Waals surface area contributed by atoms with Crippen LogP contribution in [0.2, 0.25) is 0 Å². The van der Waals surface area contributed by atoms with Crippen LogP contribution in [-0.4, -0.2) is 47.9 Å². The van der Waals surface area contributed by atoms with Gasteiger partial charge in [0.25, 0.3) is 5.91 Å². The molecule has 0 bridgehead atoms. The predicted octanol–water partition coefficient (Wildman–Crippen LogP) is 3.75. The Morgan fingerprint density at radius 2 is 1.79 bits per heavy atom. The van der Waals surface area contributed by atoms with Crippen molar-refractivity contribution in [3.8, 4) is 11.5 Å². The molecule has 3 fully saturated rings. The molecule has 4 aliphatic rings. The molecule has 2 aromatic rings.